The minimum Gasteiger partial charge on any atom is -0.464 e. The van der Waals surface area contributed by atoms with Crippen molar-refractivity contribution >= 4 is 43.6 Å². The SMILES string of the molecule is FC(F)(F)C(F)(F)C(F)(F)Sc1cc(Br)cc(Br)c1-c1ccco1. The maximum atomic E-state index is 13.7. The Labute approximate surface area is 151 Å². The predicted molar refractivity (Wildman–Crippen MR) is 81.3 cm³/mol. The Morgan fingerprint density at radius 3 is 2.08 bits per heavy atom. The molecule has 1 aromatic carbocycles. The summed E-state index contributed by atoms with van der Waals surface area (Å²) in [5.74, 6) is -6.18. The van der Waals surface area contributed by atoms with Crippen LogP contribution < -0.4 is 0 Å². The molecule has 1 nitrogen and oxygen atoms in total. The Morgan fingerprint density at radius 1 is 0.958 bits per heavy atom. The molecule has 0 aliphatic rings. The summed E-state index contributed by atoms with van der Waals surface area (Å²) in [6.07, 6.45) is -5.18. The molecule has 0 unspecified atom stereocenters. The highest BCUT2D eigenvalue weighted by atomic mass is 79.9. The molecule has 0 N–H and O–H groups in total. The topological polar surface area (TPSA) is 13.1 Å². The van der Waals surface area contributed by atoms with Gasteiger partial charge in [-0.2, -0.15) is 30.7 Å². The Morgan fingerprint density at radius 2 is 1.58 bits per heavy atom. The summed E-state index contributed by atoms with van der Waals surface area (Å²) < 4.78 is 95.9. The normalized spacial score (nSPS) is 13.4. The van der Waals surface area contributed by atoms with Crippen molar-refractivity contribution in [3.63, 3.8) is 0 Å². The molecule has 0 saturated heterocycles. The third kappa shape index (κ3) is 3.62. The maximum Gasteiger partial charge on any atom is 0.460 e. The zero-order valence-corrected chi connectivity index (χ0v) is 15.1. The second-order valence-electron chi connectivity index (χ2n) is 4.43. The van der Waals surface area contributed by atoms with Gasteiger partial charge in [-0.25, -0.2) is 0 Å². The molecule has 0 fully saturated rings. The third-order valence-corrected chi connectivity index (χ3v) is 4.88. The van der Waals surface area contributed by atoms with Gasteiger partial charge in [0.05, 0.1) is 6.26 Å². The first kappa shape index (κ1) is 19.6. The van der Waals surface area contributed by atoms with Gasteiger partial charge in [-0.15, -0.1) is 0 Å². The lowest BCUT2D eigenvalue weighted by Gasteiger charge is -2.28. The van der Waals surface area contributed by atoms with Crippen LogP contribution in [0.1, 0.15) is 0 Å². The molecule has 11 heteroatoms. The Kier molecular flexibility index (Phi) is 5.37. The zero-order valence-electron chi connectivity index (χ0n) is 11.1. The van der Waals surface area contributed by atoms with E-state index in [2.05, 4.69) is 31.9 Å². The average molecular weight is 502 g/mol. The van der Waals surface area contributed by atoms with Gasteiger partial charge in [-0.3, -0.25) is 0 Å². The lowest BCUT2D eigenvalue weighted by Crippen LogP contribution is -2.49. The molecule has 0 spiro atoms. The highest BCUT2D eigenvalue weighted by Gasteiger charge is 2.73. The molecule has 1 heterocycles. The van der Waals surface area contributed by atoms with Crippen LogP contribution in [0.5, 0.6) is 0 Å². The number of halogens is 9. The van der Waals surface area contributed by atoms with Crippen LogP contribution in [-0.2, 0) is 0 Å². The monoisotopic (exact) mass is 500 g/mol. The smallest absolute Gasteiger partial charge is 0.460 e. The Hall–Kier alpha value is -0.680. The fourth-order valence-electron chi connectivity index (χ4n) is 1.66. The average Bonchev–Trinajstić information content (AvgIpc) is 2.89. The van der Waals surface area contributed by atoms with Crippen LogP contribution in [0.25, 0.3) is 11.3 Å². The van der Waals surface area contributed by atoms with Crippen LogP contribution in [-0.4, -0.2) is 17.4 Å². The van der Waals surface area contributed by atoms with E-state index in [9.17, 15) is 30.7 Å². The summed E-state index contributed by atoms with van der Waals surface area (Å²) in [5.41, 5.74) is -0.0640. The van der Waals surface area contributed by atoms with Crippen molar-refractivity contribution in [1.29, 1.82) is 0 Å². The number of thioether (sulfide) groups is 1. The van der Waals surface area contributed by atoms with Crippen molar-refractivity contribution in [2.75, 3.05) is 0 Å². The molecule has 0 bridgehead atoms. The van der Waals surface area contributed by atoms with Crippen LogP contribution in [0.2, 0.25) is 0 Å². The van der Waals surface area contributed by atoms with Crippen LogP contribution in [0, 0.1) is 0 Å². The van der Waals surface area contributed by atoms with Crippen molar-refractivity contribution < 1.29 is 35.2 Å². The van der Waals surface area contributed by atoms with Gasteiger partial charge in [0.15, 0.2) is 0 Å². The van der Waals surface area contributed by atoms with E-state index in [1.165, 1.54) is 24.5 Å². The van der Waals surface area contributed by atoms with Crippen LogP contribution >= 0.6 is 43.6 Å². The largest absolute Gasteiger partial charge is 0.464 e. The van der Waals surface area contributed by atoms with Gasteiger partial charge >= 0.3 is 17.4 Å². The van der Waals surface area contributed by atoms with E-state index in [0.29, 0.717) is 0 Å². The molecule has 0 atom stereocenters. The zero-order chi connectivity index (χ0) is 18.3. The van der Waals surface area contributed by atoms with Gasteiger partial charge in [0.25, 0.3) is 0 Å². The summed E-state index contributed by atoms with van der Waals surface area (Å²) in [7, 11) is 0. The van der Waals surface area contributed by atoms with Gasteiger partial charge < -0.3 is 4.42 Å². The third-order valence-electron chi connectivity index (χ3n) is 2.75. The van der Waals surface area contributed by atoms with E-state index in [-0.39, 0.29) is 20.3 Å². The summed E-state index contributed by atoms with van der Waals surface area (Å²) in [5, 5.41) is -5.42. The van der Waals surface area contributed by atoms with Crippen molar-refractivity contribution in [2.24, 2.45) is 0 Å². The van der Waals surface area contributed by atoms with Crippen LogP contribution in [0.4, 0.5) is 30.7 Å². The van der Waals surface area contributed by atoms with Crippen molar-refractivity contribution in [3.8, 4) is 11.3 Å². The maximum absolute atomic E-state index is 13.7. The number of benzene rings is 1. The molecule has 0 saturated carbocycles. The van der Waals surface area contributed by atoms with E-state index in [0.717, 1.165) is 6.07 Å². The van der Waals surface area contributed by atoms with Crippen molar-refractivity contribution in [2.45, 2.75) is 22.2 Å². The minimum absolute atomic E-state index is 0.0306. The second kappa shape index (κ2) is 6.56. The highest BCUT2D eigenvalue weighted by molar-refractivity contribution is 9.11. The van der Waals surface area contributed by atoms with E-state index < -0.39 is 34.0 Å². The fraction of sp³-hybridized carbons (Fsp3) is 0.231. The summed E-state index contributed by atoms with van der Waals surface area (Å²) in [6, 6.07) is 5.20. The van der Waals surface area contributed by atoms with E-state index in [4.69, 9.17) is 4.42 Å². The Balaban J connectivity index is 2.54. The van der Waals surface area contributed by atoms with Gasteiger partial charge in [0.2, 0.25) is 0 Å². The first-order valence-corrected chi connectivity index (χ1v) is 8.31. The van der Waals surface area contributed by atoms with E-state index in [1.54, 1.807) is 0 Å². The molecular formula is C13H5Br2F7OS. The molecule has 0 aliphatic heterocycles. The first-order valence-electron chi connectivity index (χ1n) is 5.91. The molecule has 0 radical (unpaired) electrons. The van der Waals surface area contributed by atoms with Crippen LogP contribution in [0.3, 0.4) is 0 Å². The first-order chi connectivity index (χ1) is 10.9. The van der Waals surface area contributed by atoms with E-state index >= 15 is 0 Å². The number of furan rings is 1. The van der Waals surface area contributed by atoms with Crippen molar-refractivity contribution in [3.05, 3.63) is 39.5 Å². The number of rotatable bonds is 4. The van der Waals surface area contributed by atoms with Gasteiger partial charge in [-0.05, 0) is 52.0 Å². The van der Waals surface area contributed by atoms with Gasteiger partial charge in [-0.1, -0.05) is 15.9 Å². The molecule has 0 amide bonds. The predicted octanol–water partition coefficient (Wildman–Crippen LogP) is 7.35. The van der Waals surface area contributed by atoms with Gasteiger partial charge in [0.1, 0.15) is 5.76 Å². The lowest BCUT2D eigenvalue weighted by molar-refractivity contribution is -0.330. The Bertz CT molecular complexity index is 729. The highest BCUT2D eigenvalue weighted by Crippen LogP contribution is 2.56. The van der Waals surface area contributed by atoms with Gasteiger partial charge in [0, 0.05) is 19.4 Å². The second-order valence-corrected chi connectivity index (χ2v) is 7.36. The molecular weight excluding hydrogens is 497 g/mol. The summed E-state index contributed by atoms with van der Waals surface area (Å²) >= 11 is 5.15. The molecule has 2 aromatic rings. The minimum atomic E-state index is -6.39. The number of hydrogen-bond acceptors (Lipinski definition) is 2. The standard InChI is InChI=1S/C13H5Br2F7OS/c14-6-4-7(15)10(8-2-1-3-23-8)9(5-6)24-13(21,22)11(16,17)12(18,19)20/h1-5H. The van der Waals surface area contributed by atoms with Crippen molar-refractivity contribution in [1.82, 2.24) is 0 Å². The summed E-state index contributed by atoms with van der Waals surface area (Å²) in [4.78, 5) is -0.514. The molecule has 2 rings (SSSR count). The lowest BCUT2D eigenvalue weighted by atomic mass is 10.2. The number of alkyl halides is 7. The number of hydrogen-bond donors (Lipinski definition) is 0. The molecule has 24 heavy (non-hydrogen) atoms. The molecule has 132 valence electrons. The summed E-state index contributed by atoms with van der Waals surface area (Å²) in [6.45, 7) is 0. The fourth-order valence-corrected chi connectivity index (χ4v) is 4.38. The van der Waals surface area contributed by atoms with Crippen LogP contribution in [0.15, 0.2) is 48.8 Å². The molecule has 0 aliphatic carbocycles. The quantitative estimate of drug-likeness (QED) is 0.321. The molecule has 1 aromatic heterocycles. The van der Waals surface area contributed by atoms with E-state index in [1.807, 2.05) is 0 Å².